The van der Waals surface area contributed by atoms with E-state index in [1.54, 1.807) is 0 Å². The van der Waals surface area contributed by atoms with Crippen LogP contribution in [-0.4, -0.2) is 10.4 Å². The Morgan fingerprint density at radius 1 is 1.26 bits per heavy atom. The number of aromatic nitrogens is 1. The number of ketones is 1. The van der Waals surface area contributed by atoms with Gasteiger partial charge in [0, 0.05) is 11.7 Å². The first-order valence-electron chi connectivity index (χ1n) is 5.97. The number of hydrogen-bond acceptors (Lipinski definition) is 2. The Bertz CT molecular complexity index is 756. The Kier molecular flexibility index (Phi) is 3.29. The summed E-state index contributed by atoms with van der Waals surface area (Å²) in [6.07, 6.45) is 1.98. The van der Waals surface area contributed by atoms with Crippen LogP contribution in [0.25, 0.3) is 10.9 Å². The van der Waals surface area contributed by atoms with E-state index in [2.05, 4.69) is 41.1 Å². The van der Waals surface area contributed by atoms with Gasteiger partial charge in [0.15, 0.2) is 5.78 Å². The van der Waals surface area contributed by atoms with Crippen molar-refractivity contribution in [3.63, 3.8) is 0 Å². The molecule has 0 saturated heterocycles. The highest BCUT2D eigenvalue weighted by Crippen LogP contribution is 2.24. The summed E-state index contributed by atoms with van der Waals surface area (Å²) in [6, 6.07) is 12.1. The van der Waals surface area contributed by atoms with Gasteiger partial charge < -0.3 is 4.57 Å². The number of benzene rings is 1. The maximum absolute atomic E-state index is 12.2. The van der Waals surface area contributed by atoms with Gasteiger partial charge in [-0.2, -0.15) is 0 Å². The zero-order valence-corrected chi connectivity index (χ0v) is 12.8. The molecule has 3 rings (SSSR count). The molecule has 0 radical (unpaired) electrons. The van der Waals surface area contributed by atoms with E-state index in [9.17, 15) is 4.79 Å². The van der Waals surface area contributed by atoms with Gasteiger partial charge in [-0.3, -0.25) is 4.79 Å². The molecule has 0 unspecified atom stereocenters. The van der Waals surface area contributed by atoms with Crippen LogP contribution >= 0.6 is 27.3 Å². The summed E-state index contributed by atoms with van der Waals surface area (Å²) < 4.78 is 3.00. The van der Waals surface area contributed by atoms with E-state index >= 15 is 0 Å². The van der Waals surface area contributed by atoms with Gasteiger partial charge in [0.1, 0.15) is 0 Å². The number of Topliss-reactive ketones (excluding diaryl/α,β-unsaturated/α-hetero) is 1. The fraction of sp³-hybridized carbons (Fsp3) is 0.133. The number of fused-ring (bicyclic) bond motifs is 1. The molecule has 0 amide bonds. The number of nitrogens with zero attached hydrogens (tertiary/aromatic N) is 1. The van der Waals surface area contributed by atoms with Crippen LogP contribution in [0.3, 0.4) is 0 Å². The van der Waals surface area contributed by atoms with E-state index in [1.807, 2.05) is 29.0 Å². The third kappa shape index (κ3) is 2.51. The zero-order valence-electron chi connectivity index (χ0n) is 10.4. The molecule has 0 aliphatic heterocycles. The predicted octanol–water partition coefficient (Wildman–Crippen LogP) is 4.66. The second-order valence-electron chi connectivity index (χ2n) is 4.53. The van der Waals surface area contributed by atoms with Crippen LogP contribution in [0.4, 0.5) is 0 Å². The van der Waals surface area contributed by atoms with E-state index < -0.39 is 0 Å². The van der Waals surface area contributed by atoms with Gasteiger partial charge in [-0.25, -0.2) is 0 Å². The Morgan fingerprint density at radius 2 is 2.11 bits per heavy atom. The Morgan fingerprint density at radius 3 is 2.84 bits per heavy atom. The number of thiophene rings is 1. The average molecular weight is 334 g/mol. The smallest absolute Gasteiger partial charge is 0.192 e. The number of rotatable bonds is 3. The highest BCUT2D eigenvalue weighted by atomic mass is 79.9. The zero-order chi connectivity index (χ0) is 13.4. The quantitative estimate of drug-likeness (QED) is 0.639. The number of carbonyl (C=O) groups excluding carboxylic acids is 1. The van der Waals surface area contributed by atoms with Crippen LogP contribution < -0.4 is 0 Å². The fourth-order valence-electron chi connectivity index (χ4n) is 2.13. The summed E-state index contributed by atoms with van der Waals surface area (Å²) in [6.45, 7) is 2.45. The predicted molar refractivity (Wildman–Crippen MR) is 83.0 cm³/mol. The molecule has 1 aromatic carbocycles. The highest BCUT2D eigenvalue weighted by Gasteiger charge is 2.11. The van der Waals surface area contributed by atoms with Crippen LogP contribution in [0, 0.1) is 6.92 Å². The Labute approximate surface area is 123 Å². The Hall–Kier alpha value is -1.39. The molecule has 0 N–H and O–H groups in total. The molecule has 0 saturated carbocycles. The molecular weight excluding hydrogens is 322 g/mol. The number of carbonyl (C=O) groups is 1. The van der Waals surface area contributed by atoms with E-state index in [1.165, 1.54) is 22.3 Å². The molecule has 2 nitrogen and oxygen atoms in total. The van der Waals surface area contributed by atoms with Gasteiger partial charge in [-0.1, -0.05) is 12.1 Å². The standard InChI is InChI=1S/C15H12BrNOS/c1-10-2-3-11-6-7-17(12(11)8-10)9-13(18)14-4-5-15(16)19-14/h2-8H,9H2,1H3. The molecule has 0 spiro atoms. The molecule has 0 aliphatic carbocycles. The lowest BCUT2D eigenvalue weighted by Gasteiger charge is -2.04. The molecule has 96 valence electrons. The van der Waals surface area contributed by atoms with Crippen molar-refractivity contribution < 1.29 is 4.79 Å². The topological polar surface area (TPSA) is 22.0 Å². The normalized spacial score (nSPS) is 11.1. The van der Waals surface area contributed by atoms with Gasteiger partial charge in [-0.15, -0.1) is 11.3 Å². The molecular formula is C15H12BrNOS. The molecule has 0 atom stereocenters. The van der Waals surface area contributed by atoms with E-state index in [0.717, 1.165) is 14.2 Å². The molecule has 2 heterocycles. The molecule has 0 aliphatic rings. The first-order chi connectivity index (χ1) is 9.13. The first-order valence-corrected chi connectivity index (χ1v) is 7.58. The van der Waals surface area contributed by atoms with Crippen LogP contribution in [0.1, 0.15) is 15.2 Å². The minimum absolute atomic E-state index is 0.148. The minimum Gasteiger partial charge on any atom is -0.340 e. The summed E-state index contributed by atoms with van der Waals surface area (Å²) in [7, 11) is 0. The van der Waals surface area contributed by atoms with Crippen molar-refractivity contribution >= 4 is 44.0 Å². The highest BCUT2D eigenvalue weighted by molar-refractivity contribution is 9.11. The summed E-state index contributed by atoms with van der Waals surface area (Å²) in [5.41, 5.74) is 2.32. The van der Waals surface area contributed by atoms with Gasteiger partial charge in [0.05, 0.1) is 15.2 Å². The molecule has 19 heavy (non-hydrogen) atoms. The summed E-state index contributed by atoms with van der Waals surface area (Å²) in [5.74, 6) is 0.148. The van der Waals surface area contributed by atoms with Crippen molar-refractivity contribution in [1.29, 1.82) is 0 Å². The van der Waals surface area contributed by atoms with Gasteiger partial charge >= 0.3 is 0 Å². The SMILES string of the molecule is Cc1ccc2ccn(CC(=O)c3ccc(Br)s3)c2c1. The van der Waals surface area contributed by atoms with Crippen molar-refractivity contribution in [2.75, 3.05) is 0 Å². The second-order valence-corrected chi connectivity index (χ2v) is 7.00. The van der Waals surface area contributed by atoms with Crippen molar-refractivity contribution in [2.45, 2.75) is 13.5 Å². The maximum atomic E-state index is 12.2. The molecule has 3 aromatic rings. The molecule has 0 fully saturated rings. The van der Waals surface area contributed by atoms with E-state index in [4.69, 9.17) is 0 Å². The Balaban J connectivity index is 1.93. The van der Waals surface area contributed by atoms with Gasteiger partial charge in [-0.05, 0) is 58.1 Å². The van der Waals surface area contributed by atoms with Crippen molar-refractivity contribution in [3.8, 4) is 0 Å². The summed E-state index contributed by atoms with van der Waals surface area (Å²) in [5, 5.41) is 1.17. The molecule has 0 bridgehead atoms. The van der Waals surface area contributed by atoms with E-state index in [-0.39, 0.29) is 5.78 Å². The van der Waals surface area contributed by atoms with Crippen molar-refractivity contribution in [2.24, 2.45) is 0 Å². The van der Waals surface area contributed by atoms with Gasteiger partial charge in [0.2, 0.25) is 0 Å². The monoisotopic (exact) mass is 333 g/mol. The lowest BCUT2D eigenvalue weighted by atomic mass is 10.2. The maximum Gasteiger partial charge on any atom is 0.192 e. The minimum atomic E-state index is 0.148. The second kappa shape index (κ2) is 4.94. The van der Waals surface area contributed by atoms with Crippen LogP contribution in [0.15, 0.2) is 46.4 Å². The van der Waals surface area contributed by atoms with Gasteiger partial charge in [0.25, 0.3) is 0 Å². The lowest BCUT2D eigenvalue weighted by Crippen LogP contribution is -2.07. The summed E-state index contributed by atoms with van der Waals surface area (Å²) in [4.78, 5) is 13.0. The largest absolute Gasteiger partial charge is 0.340 e. The fourth-order valence-corrected chi connectivity index (χ4v) is 3.44. The number of aryl methyl sites for hydroxylation is 1. The van der Waals surface area contributed by atoms with Crippen LogP contribution in [0.2, 0.25) is 0 Å². The van der Waals surface area contributed by atoms with E-state index in [0.29, 0.717) is 6.54 Å². The third-order valence-electron chi connectivity index (χ3n) is 3.09. The molecule has 2 aromatic heterocycles. The summed E-state index contributed by atoms with van der Waals surface area (Å²) >= 11 is 4.87. The molecule has 4 heteroatoms. The van der Waals surface area contributed by atoms with Crippen molar-refractivity contribution in [3.05, 3.63) is 56.8 Å². The van der Waals surface area contributed by atoms with Crippen LogP contribution in [0.5, 0.6) is 0 Å². The number of halogens is 1. The van der Waals surface area contributed by atoms with Crippen LogP contribution in [-0.2, 0) is 6.54 Å². The van der Waals surface area contributed by atoms with Crippen molar-refractivity contribution in [1.82, 2.24) is 4.57 Å². The average Bonchev–Trinajstić information content (AvgIpc) is 2.97. The number of hydrogen-bond donors (Lipinski definition) is 0. The third-order valence-corrected chi connectivity index (χ3v) is 4.76. The first kappa shape index (κ1) is 12.6. The lowest BCUT2D eigenvalue weighted by molar-refractivity contribution is 0.0977.